The first-order valence-corrected chi connectivity index (χ1v) is 6.15. The number of nitrogens with zero attached hydrogens (tertiary/aromatic N) is 4. The van der Waals surface area contributed by atoms with Gasteiger partial charge in [-0.15, -0.1) is 0 Å². The van der Waals surface area contributed by atoms with Gasteiger partial charge in [-0.05, 0) is 13.8 Å². The second-order valence-electron chi connectivity index (χ2n) is 5.09. The van der Waals surface area contributed by atoms with Gasteiger partial charge < -0.3 is 20.0 Å². The maximum absolute atomic E-state index is 10.8. The SMILES string of the molecule is CC(C)(O)c1cnc(N2CCN(C(=O)O)CC2)nc1. The Balaban J connectivity index is 2.02. The largest absolute Gasteiger partial charge is 0.465 e. The molecular formula is C12H18N4O3. The summed E-state index contributed by atoms with van der Waals surface area (Å²) in [4.78, 5) is 22.6. The van der Waals surface area contributed by atoms with Crippen LogP contribution in [-0.2, 0) is 5.60 Å². The van der Waals surface area contributed by atoms with Crippen molar-refractivity contribution in [3.8, 4) is 0 Å². The van der Waals surface area contributed by atoms with E-state index in [4.69, 9.17) is 5.11 Å². The van der Waals surface area contributed by atoms with Gasteiger partial charge in [0, 0.05) is 44.1 Å². The molecule has 1 aromatic heterocycles. The van der Waals surface area contributed by atoms with Crippen LogP contribution >= 0.6 is 0 Å². The van der Waals surface area contributed by atoms with E-state index >= 15 is 0 Å². The normalized spacial score (nSPS) is 16.6. The molecule has 0 saturated carbocycles. The lowest BCUT2D eigenvalue weighted by Crippen LogP contribution is -2.48. The number of amides is 1. The van der Waals surface area contributed by atoms with Crippen molar-refractivity contribution >= 4 is 12.0 Å². The summed E-state index contributed by atoms with van der Waals surface area (Å²) < 4.78 is 0. The highest BCUT2D eigenvalue weighted by molar-refractivity contribution is 5.65. The van der Waals surface area contributed by atoms with Crippen LogP contribution in [0.1, 0.15) is 19.4 Å². The van der Waals surface area contributed by atoms with E-state index in [0.29, 0.717) is 37.7 Å². The monoisotopic (exact) mass is 266 g/mol. The molecule has 1 aliphatic rings. The number of hydrogen-bond donors (Lipinski definition) is 2. The van der Waals surface area contributed by atoms with Crippen LogP contribution in [0.2, 0.25) is 0 Å². The average molecular weight is 266 g/mol. The van der Waals surface area contributed by atoms with Crippen molar-refractivity contribution in [1.82, 2.24) is 14.9 Å². The minimum absolute atomic E-state index is 0.450. The zero-order chi connectivity index (χ0) is 14.0. The van der Waals surface area contributed by atoms with Crippen LogP contribution in [-0.4, -0.2) is 57.4 Å². The highest BCUT2D eigenvalue weighted by atomic mass is 16.4. The molecule has 2 N–H and O–H groups in total. The summed E-state index contributed by atoms with van der Waals surface area (Å²) in [6.45, 7) is 5.41. The quantitative estimate of drug-likeness (QED) is 0.810. The zero-order valence-corrected chi connectivity index (χ0v) is 11.1. The maximum atomic E-state index is 10.8. The van der Waals surface area contributed by atoms with Crippen LogP contribution in [0.3, 0.4) is 0 Å². The van der Waals surface area contributed by atoms with Crippen LogP contribution in [0.25, 0.3) is 0 Å². The third kappa shape index (κ3) is 3.11. The van der Waals surface area contributed by atoms with Gasteiger partial charge in [0.05, 0.1) is 5.60 Å². The predicted octanol–water partition coefficient (Wildman–Crippen LogP) is 0.504. The topological polar surface area (TPSA) is 89.8 Å². The first-order valence-electron chi connectivity index (χ1n) is 6.15. The van der Waals surface area contributed by atoms with Crippen molar-refractivity contribution < 1.29 is 15.0 Å². The fourth-order valence-electron chi connectivity index (χ4n) is 1.90. The molecule has 0 unspecified atom stereocenters. The molecule has 1 amide bonds. The smallest absolute Gasteiger partial charge is 0.407 e. The minimum Gasteiger partial charge on any atom is -0.465 e. The highest BCUT2D eigenvalue weighted by Crippen LogP contribution is 2.19. The molecule has 0 spiro atoms. The van der Waals surface area contributed by atoms with Gasteiger partial charge in [0.1, 0.15) is 0 Å². The molecule has 7 nitrogen and oxygen atoms in total. The molecule has 7 heteroatoms. The summed E-state index contributed by atoms with van der Waals surface area (Å²) in [7, 11) is 0. The Morgan fingerprint density at radius 2 is 1.74 bits per heavy atom. The first-order chi connectivity index (χ1) is 8.88. The van der Waals surface area contributed by atoms with E-state index < -0.39 is 11.7 Å². The predicted molar refractivity (Wildman–Crippen MR) is 69.1 cm³/mol. The van der Waals surface area contributed by atoms with Crippen molar-refractivity contribution in [2.75, 3.05) is 31.1 Å². The standard InChI is InChI=1S/C12H18N4O3/c1-12(2,19)9-7-13-10(14-8-9)15-3-5-16(6-4-15)11(17)18/h7-8,19H,3-6H2,1-2H3,(H,17,18). The second kappa shape index (κ2) is 5.00. The summed E-state index contributed by atoms with van der Waals surface area (Å²) in [5, 5.41) is 18.7. The molecule has 0 radical (unpaired) electrons. The molecule has 0 aliphatic carbocycles. The van der Waals surface area contributed by atoms with Crippen molar-refractivity contribution in [3.63, 3.8) is 0 Å². The van der Waals surface area contributed by atoms with E-state index in [0.717, 1.165) is 0 Å². The number of hydrogen-bond acceptors (Lipinski definition) is 5. The molecule has 1 aromatic rings. The van der Waals surface area contributed by atoms with Gasteiger partial charge >= 0.3 is 6.09 Å². The van der Waals surface area contributed by atoms with Crippen LogP contribution in [0, 0.1) is 0 Å². The van der Waals surface area contributed by atoms with Crippen molar-refractivity contribution in [1.29, 1.82) is 0 Å². The van der Waals surface area contributed by atoms with Gasteiger partial charge in [-0.3, -0.25) is 0 Å². The van der Waals surface area contributed by atoms with Crippen molar-refractivity contribution in [2.45, 2.75) is 19.4 Å². The van der Waals surface area contributed by atoms with Gasteiger partial charge in [0.2, 0.25) is 5.95 Å². The summed E-state index contributed by atoms with van der Waals surface area (Å²) in [5.41, 5.74) is -0.305. The molecule has 1 saturated heterocycles. The number of aliphatic hydroxyl groups is 1. The Morgan fingerprint density at radius 3 is 2.16 bits per heavy atom. The molecule has 0 atom stereocenters. The minimum atomic E-state index is -0.958. The Kier molecular flexibility index (Phi) is 3.57. The molecule has 1 aliphatic heterocycles. The van der Waals surface area contributed by atoms with Gasteiger partial charge in [0.15, 0.2) is 0 Å². The number of anilines is 1. The number of carbonyl (C=O) groups is 1. The van der Waals surface area contributed by atoms with Gasteiger partial charge in [-0.1, -0.05) is 0 Å². The summed E-state index contributed by atoms with van der Waals surface area (Å²) in [6, 6.07) is 0. The van der Waals surface area contributed by atoms with Crippen LogP contribution in [0.15, 0.2) is 12.4 Å². The van der Waals surface area contributed by atoms with Crippen molar-refractivity contribution in [2.24, 2.45) is 0 Å². The third-order valence-electron chi connectivity index (χ3n) is 3.18. The van der Waals surface area contributed by atoms with Crippen LogP contribution < -0.4 is 4.90 Å². The Labute approximate surface area is 111 Å². The fourth-order valence-corrected chi connectivity index (χ4v) is 1.90. The van der Waals surface area contributed by atoms with Crippen LogP contribution in [0.4, 0.5) is 10.7 Å². The van der Waals surface area contributed by atoms with E-state index in [9.17, 15) is 9.90 Å². The Bertz CT molecular complexity index is 447. The molecule has 0 aromatic carbocycles. The fraction of sp³-hybridized carbons (Fsp3) is 0.583. The molecule has 2 heterocycles. The number of piperazine rings is 1. The Hall–Kier alpha value is -1.89. The van der Waals surface area contributed by atoms with Gasteiger partial charge in [0.25, 0.3) is 0 Å². The summed E-state index contributed by atoms with van der Waals surface area (Å²) in [6.07, 6.45) is 2.32. The van der Waals surface area contributed by atoms with Gasteiger partial charge in [-0.2, -0.15) is 0 Å². The van der Waals surface area contributed by atoms with E-state index in [-0.39, 0.29) is 0 Å². The number of carboxylic acid groups (broad SMARTS) is 1. The van der Waals surface area contributed by atoms with Gasteiger partial charge in [-0.25, -0.2) is 14.8 Å². The molecular weight excluding hydrogens is 248 g/mol. The second-order valence-corrected chi connectivity index (χ2v) is 5.09. The number of aromatic nitrogens is 2. The highest BCUT2D eigenvalue weighted by Gasteiger charge is 2.23. The average Bonchev–Trinajstić information content (AvgIpc) is 2.38. The Morgan fingerprint density at radius 1 is 1.21 bits per heavy atom. The molecule has 0 bridgehead atoms. The van der Waals surface area contributed by atoms with E-state index in [1.807, 2.05) is 4.90 Å². The lowest BCUT2D eigenvalue weighted by Gasteiger charge is -2.33. The zero-order valence-electron chi connectivity index (χ0n) is 11.1. The van der Waals surface area contributed by atoms with Crippen molar-refractivity contribution in [3.05, 3.63) is 18.0 Å². The molecule has 2 rings (SSSR count). The first kappa shape index (κ1) is 13.5. The molecule has 104 valence electrons. The van der Waals surface area contributed by atoms with Crippen LogP contribution in [0.5, 0.6) is 0 Å². The van der Waals surface area contributed by atoms with E-state index in [1.54, 1.807) is 26.2 Å². The lowest BCUT2D eigenvalue weighted by molar-refractivity contribution is 0.0778. The number of rotatable bonds is 2. The summed E-state index contributed by atoms with van der Waals surface area (Å²) >= 11 is 0. The molecule has 1 fully saturated rings. The lowest BCUT2D eigenvalue weighted by atomic mass is 10.0. The van der Waals surface area contributed by atoms with E-state index in [2.05, 4.69) is 9.97 Å². The van der Waals surface area contributed by atoms with E-state index in [1.165, 1.54) is 4.90 Å². The molecule has 19 heavy (non-hydrogen) atoms. The maximum Gasteiger partial charge on any atom is 0.407 e. The third-order valence-corrected chi connectivity index (χ3v) is 3.18. The summed E-state index contributed by atoms with van der Waals surface area (Å²) in [5.74, 6) is 0.568.